The van der Waals surface area contributed by atoms with Crippen LogP contribution in [0.25, 0.3) is 0 Å². The normalized spacial score (nSPS) is 29.7. The predicted octanol–water partition coefficient (Wildman–Crippen LogP) is 6.85. The van der Waals surface area contributed by atoms with Crippen LogP contribution in [0.15, 0.2) is 69.9 Å². The highest BCUT2D eigenvalue weighted by atomic mass is 14.5. The lowest BCUT2D eigenvalue weighted by atomic mass is 9.70. The first kappa shape index (κ1) is 16.8. The molecule has 2 rings (SSSR count). The minimum Gasteiger partial charge on any atom is -0.0901 e. The summed E-state index contributed by atoms with van der Waals surface area (Å²) in [6, 6.07) is 0. The molecule has 0 heteroatoms. The highest BCUT2D eigenvalue weighted by Crippen LogP contribution is 2.58. The van der Waals surface area contributed by atoms with Crippen molar-refractivity contribution in [3.05, 3.63) is 69.9 Å². The van der Waals surface area contributed by atoms with Gasteiger partial charge in [-0.2, -0.15) is 0 Å². The fourth-order valence-electron chi connectivity index (χ4n) is 4.05. The summed E-state index contributed by atoms with van der Waals surface area (Å²) in [5, 5.41) is 0. The summed E-state index contributed by atoms with van der Waals surface area (Å²) in [7, 11) is 0. The lowest BCUT2D eigenvalue weighted by molar-refractivity contribution is 0.687. The van der Waals surface area contributed by atoms with Crippen molar-refractivity contribution < 1.29 is 0 Å². The molecule has 1 atom stereocenters. The van der Waals surface area contributed by atoms with Crippen LogP contribution in [0.1, 0.15) is 60.8 Å². The van der Waals surface area contributed by atoms with E-state index >= 15 is 0 Å². The Morgan fingerprint density at radius 3 is 2.50 bits per heavy atom. The van der Waals surface area contributed by atoms with Crippen molar-refractivity contribution in [1.29, 1.82) is 0 Å². The largest absolute Gasteiger partial charge is 0.0901 e. The molecule has 0 bridgehead atoms. The fourth-order valence-corrected chi connectivity index (χ4v) is 4.05. The Morgan fingerprint density at radius 2 is 1.95 bits per heavy atom. The van der Waals surface area contributed by atoms with Crippen LogP contribution in [0.4, 0.5) is 0 Å². The van der Waals surface area contributed by atoms with E-state index in [0.29, 0.717) is 0 Å². The third kappa shape index (κ3) is 2.29. The molecular formula is C22H30. The molecule has 0 spiro atoms. The third-order valence-corrected chi connectivity index (χ3v) is 5.31. The molecule has 0 saturated carbocycles. The molecule has 0 aromatic rings. The Labute approximate surface area is 136 Å². The summed E-state index contributed by atoms with van der Waals surface area (Å²) in [5.74, 6) is 0. The first-order chi connectivity index (χ1) is 10.6. The second-order valence-electron chi connectivity index (χ2n) is 6.32. The highest BCUT2D eigenvalue weighted by molar-refractivity contribution is 5.72. The summed E-state index contributed by atoms with van der Waals surface area (Å²) in [5.41, 5.74) is 8.98. The zero-order chi connectivity index (χ0) is 16.3. The van der Waals surface area contributed by atoms with Gasteiger partial charge in [0.1, 0.15) is 0 Å². The zero-order valence-electron chi connectivity index (χ0n) is 15.1. The summed E-state index contributed by atoms with van der Waals surface area (Å²) < 4.78 is 0. The van der Waals surface area contributed by atoms with Crippen molar-refractivity contribution in [2.75, 3.05) is 0 Å². The van der Waals surface area contributed by atoms with E-state index < -0.39 is 0 Å². The van der Waals surface area contributed by atoms with Gasteiger partial charge in [-0.05, 0) is 76.2 Å². The summed E-state index contributed by atoms with van der Waals surface area (Å²) in [4.78, 5) is 0. The van der Waals surface area contributed by atoms with Crippen LogP contribution in [-0.2, 0) is 0 Å². The molecule has 0 nitrogen and oxygen atoms in total. The highest BCUT2D eigenvalue weighted by Gasteiger charge is 2.45. The predicted molar refractivity (Wildman–Crippen MR) is 98.8 cm³/mol. The molecule has 1 unspecified atom stereocenters. The van der Waals surface area contributed by atoms with Gasteiger partial charge < -0.3 is 0 Å². The third-order valence-electron chi connectivity index (χ3n) is 5.31. The summed E-state index contributed by atoms with van der Waals surface area (Å²) in [6.07, 6.45) is 17.4. The van der Waals surface area contributed by atoms with Crippen LogP contribution in [0, 0.1) is 5.41 Å². The maximum atomic E-state index is 2.40. The summed E-state index contributed by atoms with van der Waals surface area (Å²) in [6.45, 7) is 13.3. The minimum atomic E-state index is -0.0593. The maximum absolute atomic E-state index is 2.40. The van der Waals surface area contributed by atoms with Crippen molar-refractivity contribution in [2.45, 2.75) is 60.8 Å². The van der Waals surface area contributed by atoms with E-state index in [4.69, 9.17) is 0 Å². The molecule has 2 aliphatic rings. The number of allylic oxidation sites excluding steroid dienone is 12. The Morgan fingerprint density at radius 1 is 1.23 bits per heavy atom. The molecular weight excluding hydrogens is 264 g/mol. The number of rotatable bonds is 3. The van der Waals surface area contributed by atoms with Gasteiger partial charge in [-0.1, -0.05) is 54.5 Å². The van der Waals surface area contributed by atoms with Crippen molar-refractivity contribution in [3.63, 3.8) is 0 Å². The molecule has 0 heterocycles. The molecule has 0 fully saturated rings. The van der Waals surface area contributed by atoms with E-state index in [1.165, 1.54) is 34.3 Å². The van der Waals surface area contributed by atoms with Gasteiger partial charge in [0.25, 0.3) is 0 Å². The van der Waals surface area contributed by atoms with Crippen LogP contribution < -0.4 is 0 Å². The molecule has 0 N–H and O–H groups in total. The molecule has 118 valence electrons. The lowest BCUT2D eigenvalue weighted by Crippen LogP contribution is -2.22. The Hall–Kier alpha value is -1.56. The van der Waals surface area contributed by atoms with Gasteiger partial charge in [0.05, 0.1) is 5.41 Å². The van der Waals surface area contributed by atoms with Crippen molar-refractivity contribution in [3.8, 4) is 0 Å². The number of hydrogen-bond donors (Lipinski definition) is 0. The van der Waals surface area contributed by atoms with Crippen LogP contribution in [0.2, 0.25) is 0 Å². The van der Waals surface area contributed by atoms with E-state index in [1.54, 1.807) is 5.57 Å². The van der Waals surface area contributed by atoms with Crippen LogP contribution >= 0.6 is 0 Å². The van der Waals surface area contributed by atoms with Gasteiger partial charge in [0.2, 0.25) is 0 Å². The van der Waals surface area contributed by atoms with Gasteiger partial charge in [0, 0.05) is 0 Å². The topological polar surface area (TPSA) is 0 Å². The van der Waals surface area contributed by atoms with Gasteiger partial charge in [-0.15, -0.1) is 0 Å². The SMILES string of the molecule is C/C=C(/C)C1(/C=C/C)C2=C(CCC=C2)C(=C(/C)CC)/C1=C\C. The molecule has 2 aliphatic carbocycles. The number of hydrogen-bond acceptors (Lipinski definition) is 0. The van der Waals surface area contributed by atoms with E-state index in [9.17, 15) is 0 Å². The molecule has 0 amide bonds. The van der Waals surface area contributed by atoms with Gasteiger partial charge in [-0.25, -0.2) is 0 Å². The monoisotopic (exact) mass is 294 g/mol. The minimum absolute atomic E-state index is 0.0593. The molecule has 0 aromatic carbocycles. The van der Waals surface area contributed by atoms with Gasteiger partial charge >= 0.3 is 0 Å². The fraction of sp³-hybridized carbons (Fsp3) is 0.455. The van der Waals surface area contributed by atoms with Crippen molar-refractivity contribution in [2.24, 2.45) is 5.41 Å². The van der Waals surface area contributed by atoms with E-state index in [1.807, 2.05) is 0 Å². The van der Waals surface area contributed by atoms with Crippen molar-refractivity contribution in [1.82, 2.24) is 0 Å². The molecule has 22 heavy (non-hydrogen) atoms. The summed E-state index contributed by atoms with van der Waals surface area (Å²) >= 11 is 0. The van der Waals surface area contributed by atoms with E-state index in [0.717, 1.165) is 12.8 Å². The molecule has 0 radical (unpaired) electrons. The van der Waals surface area contributed by atoms with Crippen LogP contribution in [0.5, 0.6) is 0 Å². The van der Waals surface area contributed by atoms with Crippen LogP contribution in [0.3, 0.4) is 0 Å². The zero-order valence-corrected chi connectivity index (χ0v) is 15.1. The second-order valence-corrected chi connectivity index (χ2v) is 6.32. The van der Waals surface area contributed by atoms with E-state index in [2.05, 4.69) is 78.0 Å². The smallest absolute Gasteiger partial charge is 0.0594 e. The average Bonchev–Trinajstić information content (AvgIpc) is 2.84. The second kappa shape index (κ2) is 6.69. The van der Waals surface area contributed by atoms with Gasteiger partial charge in [0.15, 0.2) is 0 Å². The molecule has 0 aromatic heterocycles. The Balaban J connectivity index is 2.89. The first-order valence-electron chi connectivity index (χ1n) is 8.63. The van der Waals surface area contributed by atoms with Gasteiger partial charge in [-0.3, -0.25) is 0 Å². The van der Waals surface area contributed by atoms with Crippen molar-refractivity contribution >= 4 is 0 Å². The Kier molecular flexibility index (Phi) is 5.11. The standard InChI is InChI=1S/C22H30/c1-7-15-22(17(6)9-3)19(10-4)21(16(5)8-2)18-13-11-12-14-20(18)22/h7,9-10,12,14-15H,8,11,13H2,1-6H3/b15-7+,17-9-,19-10+,21-16+. The lowest BCUT2D eigenvalue weighted by Gasteiger charge is -2.32. The maximum Gasteiger partial charge on any atom is 0.0594 e. The first-order valence-corrected chi connectivity index (χ1v) is 8.63. The van der Waals surface area contributed by atoms with Crippen LogP contribution in [-0.4, -0.2) is 0 Å². The van der Waals surface area contributed by atoms with E-state index in [-0.39, 0.29) is 5.41 Å². The quantitative estimate of drug-likeness (QED) is 0.499. The molecule has 0 saturated heterocycles. The Bertz CT molecular complexity index is 629. The molecule has 0 aliphatic heterocycles. The average molecular weight is 294 g/mol.